The molecule has 142 valence electrons. The van der Waals surface area contributed by atoms with Crippen molar-refractivity contribution in [1.82, 2.24) is 0 Å². The summed E-state index contributed by atoms with van der Waals surface area (Å²) in [6.07, 6.45) is -0.921. The van der Waals surface area contributed by atoms with Crippen LogP contribution in [0.25, 0.3) is 0 Å². The predicted molar refractivity (Wildman–Crippen MR) is 107 cm³/mol. The molecule has 1 atom stereocenters. The van der Waals surface area contributed by atoms with Crippen LogP contribution in [0.4, 0.5) is 5.69 Å². The summed E-state index contributed by atoms with van der Waals surface area (Å²) in [6, 6.07) is 19.2. The monoisotopic (exact) mass is 395 g/mol. The summed E-state index contributed by atoms with van der Waals surface area (Å²) in [7, 11) is 0. The second kappa shape index (κ2) is 7.92. The summed E-state index contributed by atoms with van der Waals surface area (Å²) >= 11 is 6.13. The summed E-state index contributed by atoms with van der Waals surface area (Å²) < 4.78 is 11.0. The Labute approximate surface area is 167 Å². The van der Waals surface area contributed by atoms with E-state index in [1.54, 1.807) is 36.4 Å². The fraction of sp³-hybridized carbons (Fsp3) is 0.136. The van der Waals surface area contributed by atoms with Gasteiger partial charge in [-0.3, -0.25) is 4.79 Å². The number of carbonyl (C=O) groups excluding carboxylic acids is 1. The molecule has 1 unspecified atom stereocenters. The summed E-state index contributed by atoms with van der Waals surface area (Å²) in [5.41, 5.74) is 2.14. The zero-order valence-electron chi connectivity index (χ0n) is 14.9. The number of carbonyl (C=O) groups is 1. The van der Waals surface area contributed by atoms with Gasteiger partial charge in [-0.15, -0.1) is 0 Å². The zero-order valence-corrected chi connectivity index (χ0v) is 15.6. The van der Waals surface area contributed by atoms with Crippen molar-refractivity contribution in [2.75, 3.05) is 18.5 Å². The highest BCUT2D eigenvalue weighted by molar-refractivity contribution is 6.30. The predicted octanol–water partition coefficient (Wildman–Crippen LogP) is 4.45. The van der Waals surface area contributed by atoms with Gasteiger partial charge in [0.1, 0.15) is 19.3 Å². The van der Waals surface area contributed by atoms with Crippen LogP contribution in [0, 0.1) is 0 Å². The van der Waals surface area contributed by atoms with E-state index in [9.17, 15) is 9.90 Å². The molecule has 1 heterocycles. The number of fused-ring (bicyclic) bond motifs is 1. The maximum Gasteiger partial charge on any atom is 0.255 e. The first-order valence-electron chi connectivity index (χ1n) is 8.85. The van der Waals surface area contributed by atoms with Gasteiger partial charge in [0.25, 0.3) is 5.91 Å². The molecule has 0 aromatic heterocycles. The van der Waals surface area contributed by atoms with E-state index in [-0.39, 0.29) is 5.91 Å². The average Bonchev–Trinajstić information content (AvgIpc) is 2.74. The van der Waals surface area contributed by atoms with Gasteiger partial charge in [0, 0.05) is 21.8 Å². The lowest BCUT2D eigenvalue weighted by Gasteiger charge is -2.19. The molecule has 0 spiro atoms. The highest BCUT2D eigenvalue weighted by atomic mass is 35.5. The van der Waals surface area contributed by atoms with E-state index in [0.29, 0.717) is 52.1 Å². The van der Waals surface area contributed by atoms with E-state index in [4.69, 9.17) is 21.1 Å². The lowest BCUT2D eigenvalue weighted by molar-refractivity contribution is 0.102. The highest BCUT2D eigenvalue weighted by Crippen LogP contribution is 2.33. The molecular weight excluding hydrogens is 378 g/mol. The minimum Gasteiger partial charge on any atom is -0.486 e. The number of halogens is 1. The molecule has 0 radical (unpaired) electrons. The Bertz CT molecular complexity index is 1010. The van der Waals surface area contributed by atoms with E-state index in [1.807, 2.05) is 30.3 Å². The number of anilines is 1. The van der Waals surface area contributed by atoms with Crippen LogP contribution in [0.5, 0.6) is 11.5 Å². The SMILES string of the molecule is O=C(Nc1ccc(Cl)cc1C(O)c1ccccc1)c1ccc2c(c1)OCCO2. The number of hydrogen-bond acceptors (Lipinski definition) is 4. The summed E-state index contributed by atoms with van der Waals surface area (Å²) in [4.78, 5) is 12.8. The third kappa shape index (κ3) is 3.81. The number of ether oxygens (including phenoxy) is 2. The maximum absolute atomic E-state index is 12.8. The van der Waals surface area contributed by atoms with Crippen LogP contribution >= 0.6 is 11.6 Å². The molecule has 1 aliphatic heterocycles. The molecule has 5 nitrogen and oxygen atoms in total. The Morgan fingerprint density at radius 2 is 1.71 bits per heavy atom. The van der Waals surface area contributed by atoms with Crippen molar-refractivity contribution in [1.29, 1.82) is 0 Å². The van der Waals surface area contributed by atoms with Gasteiger partial charge in [-0.1, -0.05) is 41.9 Å². The number of rotatable bonds is 4. The molecule has 0 saturated carbocycles. The zero-order chi connectivity index (χ0) is 19.5. The molecule has 1 amide bonds. The number of aliphatic hydroxyl groups excluding tert-OH is 1. The number of benzene rings is 3. The van der Waals surface area contributed by atoms with Crippen molar-refractivity contribution < 1.29 is 19.4 Å². The molecule has 0 saturated heterocycles. The molecule has 0 fully saturated rings. The van der Waals surface area contributed by atoms with Gasteiger partial charge < -0.3 is 19.9 Å². The molecule has 1 aliphatic rings. The second-order valence-electron chi connectivity index (χ2n) is 6.36. The second-order valence-corrected chi connectivity index (χ2v) is 6.79. The minimum absolute atomic E-state index is 0.319. The third-order valence-corrected chi connectivity index (χ3v) is 4.71. The van der Waals surface area contributed by atoms with E-state index >= 15 is 0 Å². The Morgan fingerprint density at radius 3 is 2.50 bits per heavy atom. The normalized spacial score (nSPS) is 13.6. The van der Waals surface area contributed by atoms with Crippen LogP contribution in [0.2, 0.25) is 5.02 Å². The van der Waals surface area contributed by atoms with Crippen LogP contribution in [-0.2, 0) is 0 Å². The van der Waals surface area contributed by atoms with E-state index in [1.165, 1.54) is 0 Å². The van der Waals surface area contributed by atoms with E-state index < -0.39 is 6.10 Å². The number of amides is 1. The van der Waals surface area contributed by atoms with Gasteiger partial charge in [-0.2, -0.15) is 0 Å². The first kappa shape index (κ1) is 18.3. The molecular formula is C22H18ClNO4. The van der Waals surface area contributed by atoms with Crippen molar-refractivity contribution in [3.8, 4) is 11.5 Å². The van der Waals surface area contributed by atoms with Gasteiger partial charge >= 0.3 is 0 Å². The third-order valence-electron chi connectivity index (χ3n) is 4.48. The Morgan fingerprint density at radius 1 is 0.964 bits per heavy atom. The van der Waals surface area contributed by atoms with Crippen LogP contribution < -0.4 is 14.8 Å². The van der Waals surface area contributed by atoms with Crippen LogP contribution in [0.1, 0.15) is 27.6 Å². The smallest absolute Gasteiger partial charge is 0.255 e. The van der Waals surface area contributed by atoms with Gasteiger partial charge in [0.2, 0.25) is 0 Å². The molecule has 0 bridgehead atoms. The van der Waals surface area contributed by atoms with E-state index in [2.05, 4.69) is 5.32 Å². The molecule has 4 rings (SSSR count). The standard InChI is InChI=1S/C22H18ClNO4/c23-16-7-8-18(17(13-16)21(25)14-4-2-1-3-5-14)24-22(26)15-6-9-19-20(12-15)28-11-10-27-19/h1-9,12-13,21,25H,10-11H2,(H,24,26). The van der Waals surface area contributed by atoms with Gasteiger partial charge in [0.05, 0.1) is 0 Å². The molecule has 3 aromatic rings. The minimum atomic E-state index is -0.921. The van der Waals surface area contributed by atoms with Crippen molar-refractivity contribution in [2.24, 2.45) is 0 Å². The lowest BCUT2D eigenvalue weighted by Crippen LogP contribution is -2.18. The molecule has 3 aromatic carbocycles. The largest absolute Gasteiger partial charge is 0.486 e. The molecule has 6 heteroatoms. The summed E-state index contributed by atoms with van der Waals surface area (Å²) in [5, 5.41) is 14.1. The quantitative estimate of drug-likeness (QED) is 0.685. The molecule has 2 N–H and O–H groups in total. The van der Waals surface area contributed by atoms with Crippen molar-refractivity contribution in [3.05, 3.63) is 88.4 Å². The van der Waals surface area contributed by atoms with Crippen LogP contribution in [0.3, 0.4) is 0 Å². The van der Waals surface area contributed by atoms with Gasteiger partial charge in [-0.25, -0.2) is 0 Å². The Balaban J connectivity index is 1.62. The number of aliphatic hydroxyl groups is 1. The summed E-state index contributed by atoms with van der Waals surface area (Å²) in [6.45, 7) is 0.937. The van der Waals surface area contributed by atoms with Crippen molar-refractivity contribution in [2.45, 2.75) is 6.10 Å². The first-order chi connectivity index (χ1) is 13.6. The van der Waals surface area contributed by atoms with Crippen LogP contribution in [0.15, 0.2) is 66.7 Å². The number of nitrogens with one attached hydrogen (secondary N) is 1. The fourth-order valence-corrected chi connectivity index (χ4v) is 3.25. The Kier molecular flexibility index (Phi) is 5.19. The van der Waals surface area contributed by atoms with Gasteiger partial charge in [-0.05, 0) is 42.0 Å². The van der Waals surface area contributed by atoms with E-state index in [0.717, 1.165) is 0 Å². The molecule has 28 heavy (non-hydrogen) atoms. The Hall–Kier alpha value is -3.02. The van der Waals surface area contributed by atoms with Crippen molar-refractivity contribution >= 4 is 23.2 Å². The number of hydrogen-bond donors (Lipinski definition) is 2. The maximum atomic E-state index is 12.8. The topological polar surface area (TPSA) is 67.8 Å². The van der Waals surface area contributed by atoms with Crippen molar-refractivity contribution in [3.63, 3.8) is 0 Å². The first-order valence-corrected chi connectivity index (χ1v) is 9.23. The summed E-state index contributed by atoms with van der Waals surface area (Å²) in [5.74, 6) is 0.842. The highest BCUT2D eigenvalue weighted by Gasteiger charge is 2.19. The fourth-order valence-electron chi connectivity index (χ4n) is 3.07. The lowest BCUT2D eigenvalue weighted by atomic mass is 9.99. The van der Waals surface area contributed by atoms with Gasteiger partial charge in [0.15, 0.2) is 11.5 Å². The van der Waals surface area contributed by atoms with Crippen LogP contribution in [-0.4, -0.2) is 24.2 Å². The average molecular weight is 396 g/mol. The molecule has 0 aliphatic carbocycles.